The predicted molar refractivity (Wildman–Crippen MR) is 103 cm³/mol. The highest BCUT2D eigenvalue weighted by molar-refractivity contribution is 9.10. The molecule has 2 aromatic rings. The Hall–Kier alpha value is -1.64. The topological polar surface area (TPSA) is 66.8 Å². The third-order valence-electron chi connectivity index (χ3n) is 3.67. The Kier molecular flexibility index (Phi) is 5.31. The summed E-state index contributed by atoms with van der Waals surface area (Å²) in [5.74, 6) is -0.150. The van der Waals surface area contributed by atoms with Crippen LogP contribution >= 0.6 is 27.7 Å². The van der Waals surface area contributed by atoms with Crippen molar-refractivity contribution in [1.29, 1.82) is 0 Å². The van der Waals surface area contributed by atoms with Crippen LogP contribution in [0.1, 0.15) is 17.7 Å². The average Bonchev–Trinajstić information content (AvgIpc) is 2.91. The van der Waals surface area contributed by atoms with E-state index in [9.17, 15) is 13.2 Å². The molecular formula is C17H15BrN2O3S2. The number of hydrogen-bond acceptors (Lipinski definition) is 4. The van der Waals surface area contributed by atoms with Gasteiger partial charge < -0.3 is 0 Å². The molecule has 1 saturated heterocycles. The van der Waals surface area contributed by atoms with Gasteiger partial charge in [0.05, 0.1) is 4.90 Å². The van der Waals surface area contributed by atoms with E-state index < -0.39 is 15.3 Å². The van der Waals surface area contributed by atoms with Crippen molar-refractivity contribution >= 4 is 48.8 Å². The van der Waals surface area contributed by atoms with Crippen molar-refractivity contribution in [3.63, 3.8) is 0 Å². The molecule has 0 spiro atoms. The van der Waals surface area contributed by atoms with E-state index in [-0.39, 0.29) is 16.0 Å². The Labute approximate surface area is 159 Å². The summed E-state index contributed by atoms with van der Waals surface area (Å²) in [6.07, 6.45) is 0. The third-order valence-corrected chi connectivity index (χ3v) is 6.83. The van der Waals surface area contributed by atoms with Crippen LogP contribution in [0.15, 0.2) is 68.4 Å². The van der Waals surface area contributed by atoms with Crippen molar-refractivity contribution in [2.45, 2.75) is 17.1 Å². The number of carbonyl (C=O) groups is 1. The number of halogens is 1. The zero-order valence-corrected chi connectivity index (χ0v) is 16.5. The van der Waals surface area contributed by atoms with Crippen LogP contribution in [0.3, 0.4) is 0 Å². The Morgan fingerprint density at radius 3 is 2.36 bits per heavy atom. The number of amides is 1. The lowest BCUT2D eigenvalue weighted by atomic mass is 10.1. The van der Waals surface area contributed by atoms with Gasteiger partial charge in [-0.2, -0.15) is 8.42 Å². The molecule has 0 saturated carbocycles. The van der Waals surface area contributed by atoms with Gasteiger partial charge in [0.25, 0.3) is 10.0 Å². The summed E-state index contributed by atoms with van der Waals surface area (Å²) in [6.45, 7) is 2.16. The SMILES string of the molecule is CCN1C(=O)C(c2ccccc2)SC1=NS(=O)(=O)c1ccc(Br)cc1. The van der Waals surface area contributed by atoms with Gasteiger partial charge >= 0.3 is 0 Å². The maximum absolute atomic E-state index is 12.6. The minimum absolute atomic E-state index is 0.0930. The second-order valence-electron chi connectivity index (χ2n) is 5.29. The van der Waals surface area contributed by atoms with E-state index in [0.29, 0.717) is 6.54 Å². The highest BCUT2D eigenvalue weighted by atomic mass is 79.9. The van der Waals surface area contributed by atoms with Gasteiger partial charge in [0.15, 0.2) is 5.17 Å². The second-order valence-corrected chi connectivity index (χ2v) is 8.89. The van der Waals surface area contributed by atoms with Crippen LogP contribution in [-0.4, -0.2) is 30.9 Å². The van der Waals surface area contributed by atoms with Gasteiger partial charge in [-0.05, 0) is 36.8 Å². The van der Waals surface area contributed by atoms with Crippen molar-refractivity contribution in [2.75, 3.05) is 6.54 Å². The fraction of sp³-hybridized carbons (Fsp3) is 0.176. The van der Waals surface area contributed by atoms with Crippen molar-refractivity contribution in [3.8, 4) is 0 Å². The summed E-state index contributed by atoms with van der Waals surface area (Å²) in [6, 6.07) is 15.5. The number of thioether (sulfide) groups is 1. The van der Waals surface area contributed by atoms with Crippen LogP contribution in [-0.2, 0) is 14.8 Å². The van der Waals surface area contributed by atoms with Crippen LogP contribution in [0.5, 0.6) is 0 Å². The van der Waals surface area contributed by atoms with Crippen molar-refractivity contribution < 1.29 is 13.2 Å². The lowest BCUT2D eigenvalue weighted by molar-refractivity contribution is -0.126. The van der Waals surface area contributed by atoms with Gasteiger partial charge in [0, 0.05) is 11.0 Å². The molecule has 130 valence electrons. The number of rotatable bonds is 4. The quantitative estimate of drug-likeness (QED) is 0.727. The lowest BCUT2D eigenvalue weighted by Gasteiger charge is -2.13. The molecule has 1 atom stereocenters. The molecule has 1 fully saturated rings. The van der Waals surface area contributed by atoms with E-state index in [1.165, 1.54) is 28.8 Å². The van der Waals surface area contributed by atoms with Gasteiger partial charge in [-0.25, -0.2) is 0 Å². The Balaban J connectivity index is 1.96. The molecule has 1 heterocycles. The average molecular weight is 439 g/mol. The molecule has 1 amide bonds. The number of hydrogen-bond donors (Lipinski definition) is 0. The maximum Gasteiger partial charge on any atom is 0.284 e. The van der Waals surface area contributed by atoms with Gasteiger partial charge in [0.2, 0.25) is 5.91 Å². The molecule has 8 heteroatoms. The molecule has 1 unspecified atom stereocenters. The standard InChI is InChI=1S/C17H15BrN2O3S2/c1-2-20-16(21)15(12-6-4-3-5-7-12)24-17(20)19-25(22,23)14-10-8-13(18)9-11-14/h3-11,15H,2H2,1H3. The van der Waals surface area contributed by atoms with E-state index in [4.69, 9.17) is 0 Å². The fourth-order valence-electron chi connectivity index (χ4n) is 2.42. The normalized spacial score (nSPS) is 19.6. The van der Waals surface area contributed by atoms with E-state index in [2.05, 4.69) is 20.3 Å². The monoisotopic (exact) mass is 438 g/mol. The van der Waals surface area contributed by atoms with Crippen molar-refractivity contribution in [3.05, 3.63) is 64.6 Å². The van der Waals surface area contributed by atoms with Crippen LogP contribution < -0.4 is 0 Å². The third kappa shape index (κ3) is 3.80. The number of likely N-dealkylation sites (N-methyl/N-ethyl adjacent to an activating group) is 1. The fourth-order valence-corrected chi connectivity index (χ4v) is 5.12. The number of benzene rings is 2. The van der Waals surface area contributed by atoms with Gasteiger partial charge in [-0.3, -0.25) is 9.69 Å². The van der Waals surface area contributed by atoms with Gasteiger partial charge in [0.1, 0.15) is 5.25 Å². The summed E-state index contributed by atoms with van der Waals surface area (Å²) in [7, 11) is -3.88. The first-order valence-corrected chi connectivity index (χ1v) is 10.7. The zero-order valence-electron chi connectivity index (χ0n) is 13.3. The van der Waals surface area contributed by atoms with E-state index >= 15 is 0 Å². The first kappa shape index (κ1) is 18.2. The Morgan fingerprint density at radius 1 is 1.12 bits per heavy atom. The minimum atomic E-state index is -3.88. The number of nitrogens with zero attached hydrogens (tertiary/aromatic N) is 2. The van der Waals surface area contributed by atoms with Crippen LogP contribution in [0.4, 0.5) is 0 Å². The summed E-state index contributed by atoms with van der Waals surface area (Å²) in [5, 5.41) is -0.260. The first-order chi connectivity index (χ1) is 11.9. The van der Waals surface area contributed by atoms with Crippen molar-refractivity contribution in [1.82, 2.24) is 4.90 Å². The molecule has 5 nitrogen and oxygen atoms in total. The lowest BCUT2D eigenvalue weighted by Crippen LogP contribution is -2.30. The summed E-state index contributed by atoms with van der Waals surface area (Å²) < 4.78 is 29.8. The summed E-state index contributed by atoms with van der Waals surface area (Å²) in [5.41, 5.74) is 0.835. The highest BCUT2D eigenvalue weighted by Gasteiger charge is 2.39. The van der Waals surface area contributed by atoms with Gasteiger partial charge in [-0.15, -0.1) is 4.40 Å². The number of amidine groups is 1. The molecule has 0 bridgehead atoms. The smallest absolute Gasteiger partial charge is 0.284 e. The Morgan fingerprint density at radius 2 is 1.76 bits per heavy atom. The minimum Gasteiger partial charge on any atom is -0.290 e. The van der Waals surface area contributed by atoms with E-state index in [1.54, 1.807) is 19.1 Å². The molecular weight excluding hydrogens is 424 g/mol. The van der Waals surface area contributed by atoms with Gasteiger partial charge in [-0.1, -0.05) is 58.0 Å². The highest BCUT2D eigenvalue weighted by Crippen LogP contribution is 2.39. The van der Waals surface area contributed by atoms with Crippen LogP contribution in [0, 0.1) is 0 Å². The predicted octanol–water partition coefficient (Wildman–Crippen LogP) is 3.83. The summed E-state index contributed by atoms with van der Waals surface area (Å²) >= 11 is 4.44. The molecule has 0 radical (unpaired) electrons. The molecule has 0 N–H and O–H groups in total. The molecule has 1 aliphatic rings. The number of carbonyl (C=O) groups excluding carboxylic acids is 1. The largest absolute Gasteiger partial charge is 0.290 e. The molecule has 3 rings (SSSR count). The molecule has 25 heavy (non-hydrogen) atoms. The molecule has 2 aromatic carbocycles. The van der Waals surface area contributed by atoms with E-state index in [1.807, 2.05) is 30.3 Å². The van der Waals surface area contributed by atoms with Crippen LogP contribution in [0.2, 0.25) is 0 Å². The molecule has 0 aliphatic carbocycles. The molecule has 0 aromatic heterocycles. The maximum atomic E-state index is 12.6. The molecule has 1 aliphatic heterocycles. The Bertz CT molecular complexity index is 913. The van der Waals surface area contributed by atoms with Crippen molar-refractivity contribution in [2.24, 2.45) is 4.40 Å². The summed E-state index contributed by atoms with van der Waals surface area (Å²) in [4.78, 5) is 14.1. The first-order valence-electron chi connectivity index (χ1n) is 7.56. The van der Waals surface area contributed by atoms with Crippen LogP contribution in [0.25, 0.3) is 0 Å². The number of sulfonamides is 1. The second kappa shape index (κ2) is 7.31. The van der Waals surface area contributed by atoms with E-state index in [0.717, 1.165) is 10.0 Å². The zero-order chi connectivity index (χ0) is 18.0.